The molecule has 0 unspecified atom stereocenters. The summed E-state index contributed by atoms with van der Waals surface area (Å²) in [5.74, 6) is 0.929. The lowest BCUT2D eigenvalue weighted by atomic mass is 9.71. The van der Waals surface area contributed by atoms with E-state index in [2.05, 4.69) is 5.32 Å². The largest absolute Gasteiger partial charge is 0.497 e. The predicted octanol–water partition coefficient (Wildman–Crippen LogP) is 1.75. The first-order chi connectivity index (χ1) is 9.05. The molecule has 1 aromatic rings. The van der Waals surface area contributed by atoms with Crippen molar-refractivity contribution in [2.75, 3.05) is 27.7 Å². The molecule has 0 spiro atoms. The van der Waals surface area contributed by atoms with Gasteiger partial charge in [0.25, 0.3) is 0 Å². The Bertz CT molecular complexity index is 436. The van der Waals surface area contributed by atoms with Crippen LogP contribution in [0.4, 0.5) is 0 Å². The molecule has 4 nitrogen and oxygen atoms in total. The quantitative estimate of drug-likeness (QED) is 0.879. The van der Waals surface area contributed by atoms with Gasteiger partial charge < -0.3 is 15.0 Å². The number of benzene rings is 1. The number of nitrogens with zero attached hydrogens (tertiary/aromatic N) is 1. The summed E-state index contributed by atoms with van der Waals surface area (Å²) in [6.45, 7) is 0.428. The minimum atomic E-state index is -0.167. The van der Waals surface area contributed by atoms with Gasteiger partial charge in [-0.05, 0) is 51.1 Å². The van der Waals surface area contributed by atoms with E-state index in [4.69, 9.17) is 4.74 Å². The van der Waals surface area contributed by atoms with Crippen LogP contribution in [0.2, 0.25) is 0 Å². The summed E-state index contributed by atoms with van der Waals surface area (Å²) in [7, 11) is 5.47. The summed E-state index contributed by atoms with van der Waals surface area (Å²) >= 11 is 0. The summed E-state index contributed by atoms with van der Waals surface area (Å²) in [4.78, 5) is 13.9. The second-order valence-electron chi connectivity index (χ2n) is 5.45. The zero-order valence-electron chi connectivity index (χ0n) is 11.9. The first kappa shape index (κ1) is 13.9. The van der Waals surface area contributed by atoms with E-state index < -0.39 is 0 Å². The third kappa shape index (κ3) is 3.07. The third-order valence-corrected chi connectivity index (χ3v) is 3.69. The van der Waals surface area contributed by atoms with Crippen LogP contribution in [0.3, 0.4) is 0 Å². The number of carbonyl (C=O) groups is 1. The zero-order valence-corrected chi connectivity index (χ0v) is 11.9. The van der Waals surface area contributed by atoms with Crippen molar-refractivity contribution in [3.8, 4) is 5.75 Å². The number of hydrogen-bond acceptors (Lipinski definition) is 3. The topological polar surface area (TPSA) is 41.6 Å². The van der Waals surface area contributed by atoms with Crippen LogP contribution in [0, 0.1) is 0 Å². The summed E-state index contributed by atoms with van der Waals surface area (Å²) < 4.78 is 5.17. The molecule has 1 fully saturated rings. The van der Waals surface area contributed by atoms with Crippen LogP contribution in [0.25, 0.3) is 0 Å². The summed E-state index contributed by atoms with van der Waals surface area (Å²) in [6, 6.07) is 8.00. The number of hydrogen-bond donors (Lipinski definition) is 1. The van der Waals surface area contributed by atoms with E-state index in [9.17, 15) is 4.79 Å². The second kappa shape index (κ2) is 5.61. The summed E-state index contributed by atoms with van der Waals surface area (Å²) in [5, 5.41) is 3.19. The van der Waals surface area contributed by atoms with Crippen molar-refractivity contribution in [2.24, 2.45) is 0 Å². The van der Waals surface area contributed by atoms with Crippen LogP contribution < -0.4 is 10.1 Å². The van der Waals surface area contributed by atoms with E-state index in [-0.39, 0.29) is 11.4 Å². The first-order valence-electron chi connectivity index (χ1n) is 6.66. The molecule has 1 saturated carbocycles. The number of ether oxygens (including phenoxy) is 1. The molecular weight excluding hydrogens is 240 g/mol. The predicted molar refractivity (Wildman–Crippen MR) is 75.2 cm³/mol. The summed E-state index contributed by atoms with van der Waals surface area (Å²) in [5.41, 5.74) is 1.01. The Morgan fingerprint density at radius 2 is 1.95 bits per heavy atom. The molecule has 0 aromatic heterocycles. The Hall–Kier alpha value is -1.55. The van der Waals surface area contributed by atoms with Crippen molar-refractivity contribution in [3.05, 3.63) is 29.8 Å². The molecule has 1 aliphatic rings. The SMILES string of the molecule is COc1ccc(C2(NC(=O)CN(C)C)CCC2)cc1. The van der Waals surface area contributed by atoms with Gasteiger partial charge >= 0.3 is 0 Å². The monoisotopic (exact) mass is 262 g/mol. The van der Waals surface area contributed by atoms with Gasteiger partial charge in [0, 0.05) is 0 Å². The van der Waals surface area contributed by atoms with E-state index in [1.165, 1.54) is 5.56 Å². The number of likely N-dealkylation sites (N-methyl/N-ethyl adjacent to an activating group) is 1. The van der Waals surface area contributed by atoms with Crippen molar-refractivity contribution in [3.63, 3.8) is 0 Å². The minimum absolute atomic E-state index is 0.0838. The van der Waals surface area contributed by atoms with Crippen molar-refractivity contribution in [2.45, 2.75) is 24.8 Å². The van der Waals surface area contributed by atoms with Crippen LogP contribution in [-0.2, 0) is 10.3 Å². The lowest BCUT2D eigenvalue weighted by molar-refractivity contribution is -0.125. The minimum Gasteiger partial charge on any atom is -0.497 e. The molecule has 4 heteroatoms. The Kier molecular flexibility index (Phi) is 4.10. The highest BCUT2D eigenvalue weighted by Gasteiger charge is 2.39. The maximum absolute atomic E-state index is 12.0. The maximum Gasteiger partial charge on any atom is 0.234 e. The van der Waals surface area contributed by atoms with E-state index in [0.717, 1.165) is 25.0 Å². The van der Waals surface area contributed by atoms with Gasteiger partial charge in [0.2, 0.25) is 5.91 Å². The maximum atomic E-state index is 12.0. The normalized spacial score (nSPS) is 16.8. The van der Waals surface area contributed by atoms with Gasteiger partial charge in [0.05, 0.1) is 19.2 Å². The molecule has 1 N–H and O–H groups in total. The lowest BCUT2D eigenvalue weighted by Gasteiger charge is -2.43. The highest BCUT2D eigenvalue weighted by Crippen LogP contribution is 2.41. The molecule has 0 heterocycles. The van der Waals surface area contributed by atoms with Crippen molar-refractivity contribution < 1.29 is 9.53 Å². The van der Waals surface area contributed by atoms with E-state index >= 15 is 0 Å². The van der Waals surface area contributed by atoms with Gasteiger partial charge in [0.1, 0.15) is 5.75 Å². The van der Waals surface area contributed by atoms with E-state index in [1.54, 1.807) is 7.11 Å². The molecule has 0 bridgehead atoms. The molecule has 104 valence electrons. The number of carbonyl (C=O) groups excluding carboxylic acids is 1. The Morgan fingerprint density at radius 3 is 2.37 bits per heavy atom. The molecule has 0 aliphatic heterocycles. The van der Waals surface area contributed by atoms with Crippen molar-refractivity contribution >= 4 is 5.91 Å². The van der Waals surface area contributed by atoms with Crippen LogP contribution in [0.1, 0.15) is 24.8 Å². The molecular formula is C15H22N2O2. The standard InChI is InChI=1S/C15H22N2O2/c1-17(2)11-14(18)16-15(9-4-10-15)12-5-7-13(19-3)8-6-12/h5-8H,4,9-11H2,1-3H3,(H,16,18). The van der Waals surface area contributed by atoms with Crippen LogP contribution >= 0.6 is 0 Å². The highest BCUT2D eigenvalue weighted by atomic mass is 16.5. The van der Waals surface area contributed by atoms with Gasteiger partial charge in [-0.3, -0.25) is 4.79 Å². The number of amides is 1. The molecule has 0 saturated heterocycles. The fraction of sp³-hybridized carbons (Fsp3) is 0.533. The van der Waals surface area contributed by atoms with E-state index in [1.807, 2.05) is 43.3 Å². The number of methoxy groups -OCH3 is 1. The molecule has 0 radical (unpaired) electrons. The zero-order chi connectivity index (χ0) is 13.9. The Morgan fingerprint density at radius 1 is 1.32 bits per heavy atom. The fourth-order valence-corrected chi connectivity index (χ4v) is 2.52. The van der Waals surface area contributed by atoms with Gasteiger partial charge in [-0.15, -0.1) is 0 Å². The van der Waals surface area contributed by atoms with Crippen LogP contribution in [0.15, 0.2) is 24.3 Å². The molecule has 19 heavy (non-hydrogen) atoms. The second-order valence-corrected chi connectivity index (χ2v) is 5.45. The molecule has 1 aromatic carbocycles. The van der Waals surface area contributed by atoms with Crippen LogP contribution in [0.5, 0.6) is 5.75 Å². The average molecular weight is 262 g/mol. The Labute approximate surface area is 114 Å². The fourth-order valence-electron chi connectivity index (χ4n) is 2.52. The molecule has 2 rings (SSSR count). The van der Waals surface area contributed by atoms with Gasteiger partial charge in [0.15, 0.2) is 0 Å². The lowest BCUT2D eigenvalue weighted by Crippen LogP contribution is -2.52. The third-order valence-electron chi connectivity index (χ3n) is 3.69. The number of nitrogens with one attached hydrogen (secondary N) is 1. The smallest absolute Gasteiger partial charge is 0.234 e. The van der Waals surface area contributed by atoms with Gasteiger partial charge in [-0.2, -0.15) is 0 Å². The highest BCUT2D eigenvalue weighted by molar-refractivity contribution is 5.79. The van der Waals surface area contributed by atoms with Gasteiger partial charge in [-0.25, -0.2) is 0 Å². The number of rotatable bonds is 5. The van der Waals surface area contributed by atoms with Crippen molar-refractivity contribution in [1.82, 2.24) is 10.2 Å². The van der Waals surface area contributed by atoms with Crippen LogP contribution in [-0.4, -0.2) is 38.6 Å². The average Bonchev–Trinajstić information content (AvgIpc) is 2.33. The molecule has 1 aliphatic carbocycles. The van der Waals surface area contributed by atoms with Gasteiger partial charge in [-0.1, -0.05) is 12.1 Å². The Balaban J connectivity index is 2.10. The molecule has 0 atom stereocenters. The van der Waals surface area contributed by atoms with E-state index in [0.29, 0.717) is 6.54 Å². The van der Waals surface area contributed by atoms with Crippen molar-refractivity contribution in [1.29, 1.82) is 0 Å². The first-order valence-corrected chi connectivity index (χ1v) is 6.66. The molecule has 1 amide bonds. The summed E-state index contributed by atoms with van der Waals surface area (Å²) in [6.07, 6.45) is 3.19.